The van der Waals surface area contributed by atoms with Gasteiger partial charge in [-0.2, -0.15) is 5.26 Å². The van der Waals surface area contributed by atoms with Crippen LogP contribution in [-0.4, -0.2) is 33.8 Å². The summed E-state index contributed by atoms with van der Waals surface area (Å²) < 4.78 is 5.59. The van der Waals surface area contributed by atoms with Crippen molar-refractivity contribution in [3.05, 3.63) is 71.3 Å². The number of amides is 1. The molecule has 2 aliphatic rings. The highest BCUT2D eigenvalue weighted by Gasteiger charge is 2.47. The van der Waals surface area contributed by atoms with E-state index >= 15 is 0 Å². The van der Waals surface area contributed by atoms with Crippen LogP contribution in [0.1, 0.15) is 48.8 Å². The monoisotopic (exact) mass is 390 g/mol. The molecule has 0 aromatic heterocycles. The molecule has 0 saturated carbocycles. The van der Waals surface area contributed by atoms with E-state index in [2.05, 4.69) is 6.07 Å². The fraction of sp³-hybridized carbons (Fsp3) is 0.417. The molecule has 2 saturated heterocycles. The van der Waals surface area contributed by atoms with E-state index in [9.17, 15) is 9.90 Å². The molecule has 5 heteroatoms. The van der Waals surface area contributed by atoms with Crippen LogP contribution in [0.15, 0.2) is 54.6 Å². The number of nitrogens with zero attached hydrogens (tertiary/aromatic N) is 2. The molecule has 2 aromatic rings. The molecule has 0 spiro atoms. The van der Waals surface area contributed by atoms with Gasteiger partial charge in [0.15, 0.2) is 0 Å². The SMILES string of the molecule is N#Cc1cccc(CC2(O)CC3CCCC(C2)N3C(=O)OCc2ccccc2)c1. The third kappa shape index (κ3) is 4.44. The predicted molar refractivity (Wildman–Crippen MR) is 109 cm³/mol. The van der Waals surface area contributed by atoms with Crippen LogP contribution in [-0.2, 0) is 17.8 Å². The second kappa shape index (κ2) is 8.26. The molecule has 2 aromatic carbocycles. The lowest BCUT2D eigenvalue weighted by atomic mass is 9.73. The topological polar surface area (TPSA) is 73.6 Å². The van der Waals surface area contributed by atoms with Gasteiger partial charge in [0, 0.05) is 18.5 Å². The number of piperidine rings is 2. The molecule has 29 heavy (non-hydrogen) atoms. The third-order valence-electron chi connectivity index (χ3n) is 6.10. The molecule has 2 heterocycles. The van der Waals surface area contributed by atoms with Crippen LogP contribution in [0, 0.1) is 11.3 Å². The van der Waals surface area contributed by atoms with Crippen molar-refractivity contribution in [2.24, 2.45) is 0 Å². The Morgan fingerprint density at radius 2 is 1.79 bits per heavy atom. The molecule has 0 aliphatic carbocycles. The minimum atomic E-state index is -0.861. The van der Waals surface area contributed by atoms with Crippen LogP contribution in [0.25, 0.3) is 0 Å². The Balaban J connectivity index is 1.44. The third-order valence-corrected chi connectivity index (χ3v) is 6.10. The van der Waals surface area contributed by atoms with Gasteiger partial charge in [0.25, 0.3) is 0 Å². The maximum absolute atomic E-state index is 12.8. The molecule has 0 radical (unpaired) electrons. The summed E-state index contributed by atoms with van der Waals surface area (Å²) in [6.07, 6.45) is 4.15. The van der Waals surface area contributed by atoms with Gasteiger partial charge in [-0.3, -0.25) is 0 Å². The van der Waals surface area contributed by atoms with Gasteiger partial charge in [-0.15, -0.1) is 0 Å². The predicted octanol–water partition coefficient (Wildman–Crippen LogP) is 4.19. The van der Waals surface area contributed by atoms with Gasteiger partial charge < -0.3 is 14.7 Å². The number of hydrogen-bond donors (Lipinski definition) is 1. The number of aliphatic hydroxyl groups is 1. The Labute approximate surface area is 171 Å². The molecule has 1 amide bonds. The maximum atomic E-state index is 12.8. The number of carbonyl (C=O) groups is 1. The summed E-state index contributed by atoms with van der Waals surface area (Å²) in [4.78, 5) is 14.7. The molecular formula is C24H26N2O3. The van der Waals surface area contributed by atoms with Gasteiger partial charge >= 0.3 is 6.09 Å². The molecular weight excluding hydrogens is 364 g/mol. The van der Waals surface area contributed by atoms with Crippen molar-refractivity contribution in [3.8, 4) is 6.07 Å². The minimum absolute atomic E-state index is 0.00470. The van der Waals surface area contributed by atoms with E-state index in [1.165, 1.54) is 0 Å². The van der Waals surface area contributed by atoms with E-state index < -0.39 is 5.60 Å². The standard InChI is InChI=1S/C24H26N2O3/c25-16-20-9-4-8-19(12-20)13-24(28)14-21-10-5-11-22(15-24)26(21)23(27)29-17-18-6-2-1-3-7-18/h1-4,6-9,12,21-22,28H,5,10-11,13-15,17H2. The quantitative estimate of drug-likeness (QED) is 0.850. The van der Waals surface area contributed by atoms with Crippen molar-refractivity contribution in [2.45, 2.75) is 62.8 Å². The fourth-order valence-corrected chi connectivity index (χ4v) is 4.89. The first-order valence-electron chi connectivity index (χ1n) is 10.3. The zero-order valence-corrected chi connectivity index (χ0v) is 16.5. The summed E-state index contributed by atoms with van der Waals surface area (Å²) >= 11 is 0. The summed E-state index contributed by atoms with van der Waals surface area (Å²) in [6.45, 7) is 0.265. The smallest absolute Gasteiger partial charge is 0.410 e. The second-order valence-electron chi connectivity index (χ2n) is 8.31. The Morgan fingerprint density at radius 1 is 1.10 bits per heavy atom. The zero-order valence-electron chi connectivity index (χ0n) is 16.5. The molecule has 5 nitrogen and oxygen atoms in total. The van der Waals surface area contributed by atoms with Crippen molar-refractivity contribution in [1.82, 2.24) is 4.90 Å². The zero-order chi connectivity index (χ0) is 20.3. The van der Waals surface area contributed by atoms with Gasteiger partial charge in [0.2, 0.25) is 0 Å². The van der Waals surface area contributed by atoms with Crippen LogP contribution >= 0.6 is 0 Å². The summed E-state index contributed by atoms with van der Waals surface area (Å²) in [5, 5.41) is 20.5. The largest absolute Gasteiger partial charge is 0.445 e. The second-order valence-corrected chi connectivity index (χ2v) is 8.31. The van der Waals surface area contributed by atoms with Crippen molar-refractivity contribution in [1.29, 1.82) is 5.26 Å². The Morgan fingerprint density at radius 3 is 2.48 bits per heavy atom. The fourth-order valence-electron chi connectivity index (χ4n) is 4.89. The number of hydrogen-bond acceptors (Lipinski definition) is 4. The van der Waals surface area contributed by atoms with E-state index in [0.29, 0.717) is 24.8 Å². The van der Waals surface area contributed by atoms with Gasteiger partial charge in [0.1, 0.15) is 6.61 Å². The highest BCUT2D eigenvalue weighted by atomic mass is 16.6. The maximum Gasteiger partial charge on any atom is 0.410 e. The van der Waals surface area contributed by atoms with Crippen LogP contribution in [0.2, 0.25) is 0 Å². The minimum Gasteiger partial charge on any atom is -0.445 e. The lowest BCUT2D eigenvalue weighted by Crippen LogP contribution is -2.60. The average Bonchev–Trinajstić information content (AvgIpc) is 2.72. The van der Waals surface area contributed by atoms with Crippen LogP contribution < -0.4 is 0 Å². The van der Waals surface area contributed by atoms with Crippen LogP contribution in [0.4, 0.5) is 4.79 Å². The van der Waals surface area contributed by atoms with Crippen molar-refractivity contribution in [3.63, 3.8) is 0 Å². The van der Waals surface area contributed by atoms with Gasteiger partial charge in [0.05, 0.1) is 17.2 Å². The van der Waals surface area contributed by atoms with Crippen molar-refractivity contribution >= 4 is 6.09 Å². The summed E-state index contributed by atoms with van der Waals surface area (Å²) in [6, 6.07) is 19.3. The lowest BCUT2D eigenvalue weighted by molar-refractivity contribution is -0.0845. The highest BCUT2D eigenvalue weighted by molar-refractivity contribution is 5.69. The van der Waals surface area contributed by atoms with Crippen LogP contribution in [0.3, 0.4) is 0 Å². The normalized spacial score (nSPS) is 25.9. The number of benzene rings is 2. The first-order chi connectivity index (χ1) is 14.1. The molecule has 2 fully saturated rings. The number of rotatable bonds is 4. The van der Waals surface area contributed by atoms with E-state index in [0.717, 1.165) is 30.4 Å². The Kier molecular flexibility index (Phi) is 5.55. The Bertz CT molecular complexity index is 892. The molecule has 2 bridgehead atoms. The molecule has 4 rings (SSSR count). The number of fused-ring (bicyclic) bond motifs is 2. The molecule has 2 aliphatic heterocycles. The van der Waals surface area contributed by atoms with E-state index in [1.807, 2.05) is 53.4 Å². The average molecular weight is 390 g/mol. The lowest BCUT2D eigenvalue weighted by Gasteiger charge is -2.51. The first-order valence-corrected chi connectivity index (χ1v) is 10.3. The Hall–Kier alpha value is -2.84. The first kappa shape index (κ1) is 19.5. The summed E-state index contributed by atoms with van der Waals surface area (Å²) in [7, 11) is 0. The van der Waals surface area contributed by atoms with Crippen molar-refractivity contribution in [2.75, 3.05) is 0 Å². The van der Waals surface area contributed by atoms with E-state index in [1.54, 1.807) is 6.07 Å². The summed E-state index contributed by atoms with van der Waals surface area (Å²) in [5.41, 5.74) is 1.68. The highest BCUT2D eigenvalue weighted by Crippen LogP contribution is 2.41. The molecule has 1 N–H and O–H groups in total. The van der Waals surface area contributed by atoms with E-state index in [-0.39, 0.29) is 24.8 Å². The number of nitriles is 1. The number of carbonyl (C=O) groups excluding carboxylic acids is 1. The van der Waals surface area contributed by atoms with Gasteiger partial charge in [-0.05, 0) is 55.4 Å². The molecule has 150 valence electrons. The van der Waals surface area contributed by atoms with Gasteiger partial charge in [-0.1, -0.05) is 42.5 Å². The molecule has 2 atom stereocenters. The molecule has 2 unspecified atom stereocenters. The summed E-state index contributed by atoms with van der Waals surface area (Å²) in [5.74, 6) is 0. The van der Waals surface area contributed by atoms with Gasteiger partial charge in [-0.25, -0.2) is 4.79 Å². The number of ether oxygens (including phenoxy) is 1. The van der Waals surface area contributed by atoms with Crippen LogP contribution in [0.5, 0.6) is 0 Å². The van der Waals surface area contributed by atoms with E-state index in [4.69, 9.17) is 10.00 Å². The van der Waals surface area contributed by atoms with Crippen molar-refractivity contribution < 1.29 is 14.6 Å².